The van der Waals surface area contributed by atoms with E-state index >= 15 is 0 Å². The molecule has 184 valence electrons. The highest BCUT2D eigenvalue weighted by atomic mass is 19.4. The van der Waals surface area contributed by atoms with Crippen molar-refractivity contribution in [2.75, 3.05) is 10.7 Å². The Kier molecular flexibility index (Phi) is 6.73. The first-order valence-corrected chi connectivity index (χ1v) is 10.7. The summed E-state index contributed by atoms with van der Waals surface area (Å²) in [6, 6.07) is 16.9. The Morgan fingerprint density at radius 1 is 1.11 bits per heavy atom. The lowest BCUT2D eigenvalue weighted by Gasteiger charge is -2.08. The van der Waals surface area contributed by atoms with Gasteiger partial charge in [0.1, 0.15) is 12.2 Å². The molecule has 1 heterocycles. The van der Waals surface area contributed by atoms with Crippen molar-refractivity contribution in [1.29, 1.82) is 0 Å². The van der Waals surface area contributed by atoms with E-state index in [0.717, 1.165) is 28.6 Å². The molecule has 0 atom stereocenters. The number of fused-ring (bicyclic) bond motifs is 1. The number of carbonyl (C=O) groups is 1. The average molecular weight is 495 g/mol. The van der Waals surface area contributed by atoms with Gasteiger partial charge in [-0.05, 0) is 42.8 Å². The standard InChI is InChI=1S/C25H20F3N5O3/c1-16-5-4-6-19(11-16)30-24(34)15-32-14-17(20-7-2-3-8-22(20)32)13-29-31-21-10-9-18(25(26,27)28)12-23(21)33(35)36/h2-14,31H,15H2,1H3,(H,30,34)/b29-13-. The number of nitrogens with zero attached hydrogens (tertiary/aromatic N) is 3. The number of nitro benzene ring substituents is 1. The van der Waals surface area contributed by atoms with Crippen molar-refractivity contribution in [3.05, 3.63) is 99.7 Å². The van der Waals surface area contributed by atoms with Crippen LogP contribution in [-0.4, -0.2) is 21.6 Å². The molecule has 0 aliphatic heterocycles. The van der Waals surface area contributed by atoms with Gasteiger partial charge >= 0.3 is 6.18 Å². The normalized spacial score (nSPS) is 11.7. The molecule has 2 N–H and O–H groups in total. The van der Waals surface area contributed by atoms with Gasteiger partial charge in [-0.2, -0.15) is 18.3 Å². The first-order valence-electron chi connectivity index (χ1n) is 10.7. The number of rotatable bonds is 7. The number of nitro groups is 1. The molecule has 4 aromatic rings. The largest absolute Gasteiger partial charge is 0.416 e. The van der Waals surface area contributed by atoms with Gasteiger partial charge in [0.25, 0.3) is 5.69 Å². The van der Waals surface area contributed by atoms with E-state index in [9.17, 15) is 28.1 Å². The molecular formula is C25H20F3N5O3. The third-order valence-electron chi connectivity index (χ3n) is 5.35. The van der Waals surface area contributed by atoms with Crippen molar-refractivity contribution in [3.63, 3.8) is 0 Å². The molecule has 0 bridgehead atoms. The molecule has 0 saturated heterocycles. The minimum atomic E-state index is -4.71. The highest BCUT2D eigenvalue weighted by molar-refractivity contribution is 6.00. The average Bonchev–Trinajstić information content (AvgIpc) is 3.15. The van der Waals surface area contributed by atoms with Crippen molar-refractivity contribution in [1.82, 2.24) is 4.57 Å². The van der Waals surface area contributed by atoms with E-state index in [0.29, 0.717) is 17.3 Å². The summed E-state index contributed by atoms with van der Waals surface area (Å²) in [5, 5.41) is 18.9. The predicted octanol–water partition coefficient (Wildman–Crippen LogP) is 5.96. The van der Waals surface area contributed by atoms with Gasteiger partial charge in [0.2, 0.25) is 5.91 Å². The molecular weight excluding hydrogens is 475 g/mol. The van der Waals surface area contributed by atoms with Crippen LogP contribution in [0.25, 0.3) is 10.9 Å². The first-order chi connectivity index (χ1) is 17.1. The van der Waals surface area contributed by atoms with Crippen LogP contribution >= 0.6 is 0 Å². The fourth-order valence-corrected chi connectivity index (χ4v) is 3.71. The molecule has 1 amide bonds. The summed E-state index contributed by atoms with van der Waals surface area (Å²) >= 11 is 0. The van der Waals surface area contributed by atoms with Gasteiger partial charge in [0.15, 0.2) is 0 Å². The van der Waals surface area contributed by atoms with Crippen LogP contribution in [0.4, 0.5) is 30.2 Å². The Hall–Kier alpha value is -4.67. The van der Waals surface area contributed by atoms with E-state index in [1.54, 1.807) is 16.8 Å². The van der Waals surface area contributed by atoms with Crippen molar-refractivity contribution in [2.24, 2.45) is 5.10 Å². The monoisotopic (exact) mass is 495 g/mol. The van der Waals surface area contributed by atoms with Gasteiger partial charge < -0.3 is 9.88 Å². The minimum absolute atomic E-state index is 0.0279. The molecule has 0 fully saturated rings. The van der Waals surface area contributed by atoms with Gasteiger partial charge in [0.05, 0.1) is 16.7 Å². The fourth-order valence-electron chi connectivity index (χ4n) is 3.71. The third kappa shape index (κ3) is 5.52. The smallest absolute Gasteiger partial charge is 0.337 e. The second kappa shape index (κ2) is 9.90. The van der Waals surface area contributed by atoms with Crippen LogP contribution in [0.15, 0.2) is 78.0 Å². The van der Waals surface area contributed by atoms with Gasteiger partial charge in [-0.25, -0.2) is 0 Å². The molecule has 4 rings (SSSR count). The van der Waals surface area contributed by atoms with Crippen LogP contribution < -0.4 is 10.7 Å². The van der Waals surface area contributed by atoms with Crippen LogP contribution in [-0.2, 0) is 17.5 Å². The lowest BCUT2D eigenvalue weighted by Crippen LogP contribution is -2.18. The second-order valence-electron chi connectivity index (χ2n) is 8.00. The van der Waals surface area contributed by atoms with Gasteiger partial charge in [-0.3, -0.25) is 20.3 Å². The number of alkyl halides is 3. The Morgan fingerprint density at radius 2 is 1.89 bits per heavy atom. The topological polar surface area (TPSA) is 102 Å². The summed E-state index contributed by atoms with van der Waals surface area (Å²) in [4.78, 5) is 23.0. The summed E-state index contributed by atoms with van der Waals surface area (Å²) in [6.07, 6.45) is -1.62. The molecule has 0 spiro atoms. The molecule has 0 unspecified atom stereocenters. The SMILES string of the molecule is Cc1cccc(NC(=O)Cn2cc(/C=N\Nc3ccc(C(F)(F)F)cc3[N+](=O)[O-])c3ccccc32)c1. The Labute approximate surface area is 203 Å². The summed E-state index contributed by atoms with van der Waals surface area (Å²) in [5.74, 6) is -0.233. The van der Waals surface area contributed by atoms with Gasteiger partial charge in [0, 0.05) is 34.4 Å². The Balaban J connectivity index is 1.55. The van der Waals surface area contributed by atoms with E-state index < -0.39 is 22.4 Å². The number of halogens is 3. The van der Waals surface area contributed by atoms with E-state index in [2.05, 4.69) is 15.8 Å². The zero-order valence-electron chi connectivity index (χ0n) is 18.9. The van der Waals surface area contributed by atoms with Crippen LogP contribution in [0.2, 0.25) is 0 Å². The number of anilines is 2. The maximum absolute atomic E-state index is 12.9. The molecule has 11 heteroatoms. The quantitative estimate of drug-likeness (QED) is 0.188. The zero-order valence-corrected chi connectivity index (χ0v) is 18.9. The summed E-state index contributed by atoms with van der Waals surface area (Å²) in [6.45, 7) is 1.95. The summed E-state index contributed by atoms with van der Waals surface area (Å²) in [5.41, 5.74) is 3.44. The fraction of sp³-hybridized carbons (Fsp3) is 0.120. The molecule has 0 aliphatic carbocycles. The third-order valence-corrected chi connectivity index (χ3v) is 5.35. The lowest BCUT2D eigenvalue weighted by molar-refractivity contribution is -0.384. The van der Waals surface area contributed by atoms with E-state index in [1.165, 1.54) is 6.21 Å². The summed E-state index contributed by atoms with van der Waals surface area (Å²) in [7, 11) is 0. The van der Waals surface area contributed by atoms with Crippen molar-refractivity contribution in [3.8, 4) is 0 Å². The number of carbonyl (C=O) groups excluding carboxylic acids is 1. The van der Waals surface area contributed by atoms with E-state index in [1.807, 2.05) is 49.4 Å². The van der Waals surface area contributed by atoms with Crippen LogP contribution in [0.1, 0.15) is 16.7 Å². The van der Waals surface area contributed by atoms with Gasteiger partial charge in [-0.1, -0.05) is 30.3 Å². The molecule has 0 radical (unpaired) electrons. The van der Waals surface area contributed by atoms with E-state index in [-0.39, 0.29) is 18.1 Å². The number of hydrogen-bond donors (Lipinski definition) is 2. The maximum atomic E-state index is 12.9. The first kappa shape index (κ1) is 24.5. The molecule has 1 aromatic heterocycles. The second-order valence-corrected chi connectivity index (χ2v) is 8.00. The van der Waals surface area contributed by atoms with Gasteiger partial charge in [-0.15, -0.1) is 0 Å². The number of para-hydroxylation sites is 1. The van der Waals surface area contributed by atoms with Crippen LogP contribution in [0.5, 0.6) is 0 Å². The van der Waals surface area contributed by atoms with Crippen molar-refractivity contribution < 1.29 is 22.9 Å². The zero-order chi connectivity index (χ0) is 25.9. The number of aromatic nitrogens is 1. The minimum Gasteiger partial charge on any atom is -0.337 e. The van der Waals surface area contributed by atoms with Crippen molar-refractivity contribution in [2.45, 2.75) is 19.6 Å². The van der Waals surface area contributed by atoms with E-state index in [4.69, 9.17) is 0 Å². The number of hydrazone groups is 1. The summed E-state index contributed by atoms with van der Waals surface area (Å²) < 4.78 is 40.5. The molecule has 36 heavy (non-hydrogen) atoms. The number of amides is 1. The molecule has 8 nitrogen and oxygen atoms in total. The number of nitrogens with one attached hydrogen (secondary N) is 2. The Bertz CT molecular complexity index is 1480. The highest BCUT2D eigenvalue weighted by Gasteiger charge is 2.33. The lowest BCUT2D eigenvalue weighted by atomic mass is 10.1. The van der Waals surface area contributed by atoms with Crippen LogP contribution in [0.3, 0.4) is 0 Å². The maximum Gasteiger partial charge on any atom is 0.416 e. The Morgan fingerprint density at radius 3 is 2.61 bits per heavy atom. The molecule has 0 aliphatic rings. The van der Waals surface area contributed by atoms with Crippen molar-refractivity contribution >= 4 is 40.1 Å². The number of benzene rings is 3. The highest BCUT2D eigenvalue weighted by Crippen LogP contribution is 2.35. The number of hydrogen-bond acceptors (Lipinski definition) is 5. The predicted molar refractivity (Wildman–Crippen MR) is 131 cm³/mol. The van der Waals surface area contributed by atoms with Crippen LogP contribution in [0, 0.1) is 17.0 Å². The number of aryl methyl sites for hydroxylation is 1. The molecule has 0 saturated carbocycles. The molecule has 3 aromatic carbocycles.